The first-order chi connectivity index (χ1) is 27.4. The largest absolute Gasteiger partial charge is 0.507 e. The van der Waals surface area contributed by atoms with Crippen molar-refractivity contribution in [3.8, 4) is 22.6 Å². The van der Waals surface area contributed by atoms with Crippen LogP contribution in [0.15, 0.2) is 101 Å². The highest BCUT2D eigenvalue weighted by atomic mass is 32.2. The molecule has 0 bridgehead atoms. The van der Waals surface area contributed by atoms with Crippen molar-refractivity contribution in [1.29, 1.82) is 0 Å². The fraction of sp³-hybridized carbons (Fsp3) is 0.360. The first-order valence-electron chi connectivity index (χ1n) is 20.5. The number of ether oxygens (including phenoxy) is 1. The summed E-state index contributed by atoms with van der Waals surface area (Å²) in [7, 11) is 0. The van der Waals surface area contributed by atoms with Crippen LogP contribution in [0.5, 0.6) is 11.5 Å². The molecule has 4 nitrogen and oxygen atoms in total. The summed E-state index contributed by atoms with van der Waals surface area (Å²) < 4.78 is 37.4. The third-order valence-electron chi connectivity index (χ3n) is 11.8. The normalized spacial score (nSPS) is 16.7. The van der Waals surface area contributed by atoms with Gasteiger partial charge in [-0.25, -0.2) is 8.78 Å². The highest BCUT2D eigenvalue weighted by molar-refractivity contribution is 7.99. The van der Waals surface area contributed by atoms with Gasteiger partial charge in [0.05, 0.1) is 17.7 Å². The van der Waals surface area contributed by atoms with Crippen LogP contribution in [0.2, 0.25) is 0 Å². The molecule has 0 unspecified atom stereocenters. The summed E-state index contributed by atoms with van der Waals surface area (Å²) in [5.41, 5.74) is 4.27. The Morgan fingerprint density at radius 2 is 1.30 bits per heavy atom. The molecule has 0 aliphatic heterocycles. The molecule has 0 atom stereocenters. The van der Waals surface area contributed by atoms with Gasteiger partial charge in [-0.3, -0.25) is 9.59 Å². The fourth-order valence-electron chi connectivity index (χ4n) is 8.26. The van der Waals surface area contributed by atoms with Crippen LogP contribution < -0.4 is 4.74 Å². The third-order valence-corrected chi connectivity index (χ3v) is 12.8. The highest BCUT2D eigenvalue weighted by Gasteiger charge is 2.36. The van der Waals surface area contributed by atoms with Crippen LogP contribution in [0.25, 0.3) is 11.1 Å². The lowest BCUT2D eigenvalue weighted by atomic mass is 9.80. The summed E-state index contributed by atoms with van der Waals surface area (Å²) in [6, 6.07) is 27.3. The Morgan fingerprint density at radius 3 is 1.89 bits per heavy atom. The molecule has 2 aliphatic carbocycles. The molecule has 1 saturated carbocycles. The molecule has 5 aromatic carbocycles. The Balaban J connectivity index is 1.06. The van der Waals surface area contributed by atoms with E-state index in [9.17, 15) is 14.7 Å². The molecule has 0 aromatic heterocycles. The SMILES string of the molecule is CCCCCc1ccc(CCC2CCC(COc3c(F)cc(-c4cc(Sc5ccc(C(C)(C)C)cc5)c5c(c4O)C(=O)c4ccccc4C5=O)cc3F)CC2)cc1. The maximum atomic E-state index is 15.8. The molecule has 0 saturated heterocycles. The van der Waals surface area contributed by atoms with Crippen LogP contribution in [-0.4, -0.2) is 23.3 Å². The molecule has 0 amide bonds. The lowest BCUT2D eigenvalue weighted by Crippen LogP contribution is -2.22. The smallest absolute Gasteiger partial charge is 0.198 e. The van der Waals surface area contributed by atoms with Gasteiger partial charge >= 0.3 is 0 Å². The molecule has 296 valence electrons. The Labute approximate surface area is 340 Å². The van der Waals surface area contributed by atoms with E-state index in [2.05, 4.69) is 52.0 Å². The van der Waals surface area contributed by atoms with E-state index in [0.29, 0.717) is 10.8 Å². The van der Waals surface area contributed by atoms with Crippen molar-refractivity contribution in [3.63, 3.8) is 0 Å². The van der Waals surface area contributed by atoms with E-state index < -0.39 is 34.7 Å². The van der Waals surface area contributed by atoms with E-state index in [1.165, 1.54) is 42.2 Å². The minimum atomic E-state index is -0.896. The van der Waals surface area contributed by atoms with Crippen LogP contribution in [0, 0.1) is 23.5 Å². The van der Waals surface area contributed by atoms with Crippen molar-refractivity contribution >= 4 is 23.3 Å². The van der Waals surface area contributed by atoms with Crippen molar-refractivity contribution in [3.05, 3.63) is 142 Å². The van der Waals surface area contributed by atoms with Crippen LogP contribution in [-0.2, 0) is 18.3 Å². The molecule has 7 rings (SSSR count). The predicted molar refractivity (Wildman–Crippen MR) is 225 cm³/mol. The Hall–Kier alpha value is -4.75. The second-order valence-corrected chi connectivity index (χ2v) is 18.0. The van der Waals surface area contributed by atoms with Crippen molar-refractivity contribution in [1.82, 2.24) is 0 Å². The predicted octanol–water partition coefficient (Wildman–Crippen LogP) is 13.1. The van der Waals surface area contributed by atoms with Gasteiger partial charge in [-0.05, 0) is 108 Å². The fourth-order valence-corrected chi connectivity index (χ4v) is 9.26. The third kappa shape index (κ3) is 9.04. The molecule has 0 spiro atoms. The number of carbonyl (C=O) groups is 2. The lowest BCUT2D eigenvalue weighted by molar-refractivity contribution is 0.0974. The van der Waals surface area contributed by atoms with E-state index >= 15 is 8.78 Å². The van der Waals surface area contributed by atoms with Gasteiger partial charge in [0.15, 0.2) is 29.0 Å². The van der Waals surface area contributed by atoms with Crippen LogP contribution in [0.1, 0.15) is 128 Å². The monoisotopic (exact) mass is 786 g/mol. The number of unbranched alkanes of at least 4 members (excludes halogenated alkanes) is 2. The second kappa shape index (κ2) is 17.4. The van der Waals surface area contributed by atoms with Gasteiger partial charge in [-0.2, -0.15) is 0 Å². The van der Waals surface area contributed by atoms with Crippen molar-refractivity contribution in [2.45, 2.75) is 107 Å². The number of fused-ring (bicyclic) bond motifs is 2. The summed E-state index contributed by atoms with van der Waals surface area (Å²) in [4.78, 5) is 29.1. The van der Waals surface area contributed by atoms with E-state index in [0.717, 1.165) is 67.5 Å². The summed E-state index contributed by atoms with van der Waals surface area (Å²) in [5, 5.41) is 11.7. The number of hydrogen-bond donors (Lipinski definition) is 1. The second-order valence-electron chi connectivity index (χ2n) is 16.9. The number of ketones is 2. The van der Waals surface area contributed by atoms with Crippen LogP contribution in [0.3, 0.4) is 0 Å². The number of phenols is 1. The van der Waals surface area contributed by atoms with Gasteiger partial charge in [0.25, 0.3) is 0 Å². The van der Waals surface area contributed by atoms with E-state index in [4.69, 9.17) is 4.74 Å². The number of rotatable bonds is 13. The van der Waals surface area contributed by atoms with Gasteiger partial charge in [-0.15, -0.1) is 0 Å². The van der Waals surface area contributed by atoms with Crippen molar-refractivity contribution in [2.24, 2.45) is 11.8 Å². The van der Waals surface area contributed by atoms with Gasteiger partial charge < -0.3 is 9.84 Å². The standard InChI is InChI=1S/C50H52F2O4S/c1-5-6-7-10-31-13-15-32(16-14-31)17-18-33-19-21-34(22-20-33)30-56-49-41(51)27-35(28-42(49)52)40-29-43(57-37-25-23-36(24-26-37)50(2,3)4)44-45(48(40)55)47(54)39-12-9-8-11-38(39)46(44)53/h8-9,11-16,23-29,33-34,55H,5-7,10,17-22,30H2,1-4H3. The number of halogens is 2. The molecule has 2 aliphatic rings. The van der Waals surface area contributed by atoms with E-state index in [1.807, 2.05) is 24.3 Å². The van der Waals surface area contributed by atoms with Crippen molar-refractivity contribution in [2.75, 3.05) is 6.61 Å². The zero-order chi connectivity index (χ0) is 40.3. The summed E-state index contributed by atoms with van der Waals surface area (Å²) in [6.07, 6.45) is 11.1. The topological polar surface area (TPSA) is 63.6 Å². The summed E-state index contributed by atoms with van der Waals surface area (Å²) in [5.74, 6) is -2.82. The molecule has 0 radical (unpaired) electrons. The zero-order valence-corrected chi connectivity index (χ0v) is 34.2. The van der Waals surface area contributed by atoms with E-state index in [-0.39, 0.29) is 51.3 Å². The number of aryl methyl sites for hydroxylation is 2. The maximum absolute atomic E-state index is 15.8. The van der Waals surface area contributed by atoms with Crippen LogP contribution >= 0.6 is 11.8 Å². The van der Waals surface area contributed by atoms with E-state index in [1.54, 1.807) is 30.3 Å². The lowest BCUT2D eigenvalue weighted by Gasteiger charge is -2.28. The zero-order valence-electron chi connectivity index (χ0n) is 33.4. The molecule has 7 heteroatoms. The van der Waals surface area contributed by atoms with Gasteiger partial charge in [0.2, 0.25) is 0 Å². The first kappa shape index (κ1) is 40.4. The molecule has 5 aromatic rings. The average molecular weight is 787 g/mol. The number of aromatic hydroxyl groups is 1. The van der Waals surface area contributed by atoms with Gasteiger partial charge in [0, 0.05) is 26.5 Å². The molecule has 1 fully saturated rings. The number of hydrogen-bond acceptors (Lipinski definition) is 5. The number of phenolic OH excluding ortho intramolecular Hbond substituents is 1. The van der Waals surface area contributed by atoms with Gasteiger partial charge in [-0.1, -0.05) is 126 Å². The molecule has 0 heterocycles. The summed E-state index contributed by atoms with van der Waals surface area (Å²) >= 11 is 1.26. The average Bonchev–Trinajstić information content (AvgIpc) is 3.20. The quantitative estimate of drug-likeness (QED) is 0.118. The first-order valence-corrected chi connectivity index (χ1v) is 21.3. The highest BCUT2D eigenvalue weighted by Crippen LogP contribution is 2.47. The molecule has 57 heavy (non-hydrogen) atoms. The summed E-state index contributed by atoms with van der Waals surface area (Å²) in [6.45, 7) is 8.81. The maximum Gasteiger partial charge on any atom is 0.198 e. The Kier molecular flexibility index (Phi) is 12.3. The molecule has 1 N–H and O–H groups in total. The minimum absolute atomic E-state index is 0.0355. The van der Waals surface area contributed by atoms with Gasteiger partial charge in [0.1, 0.15) is 5.75 Å². The Morgan fingerprint density at radius 1 is 0.719 bits per heavy atom. The number of benzene rings is 5. The minimum Gasteiger partial charge on any atom is -0.507 e. The van der Waals surface area contributed by atoms with Crippen molar-refractivity contribution < 1.29 is 28.2 Å². The molecular weight excluding hydrogens is 735 g/mol. The number of carbonyl (C=O) groups excluding carboxylic acids is 2. The molecular formula is C50H52F2O4S. The Bertz CT molecular complexity index is 2220. The van der Waals surface area contributed by atoms with Crippen LogP contribution in [0.4, 0.5) is 8.78 Å².